The van der Waals surface area contributed by atoms with Crippen molar-refractivity contribution in [2.75, 3.05) is 27.4 Å². The van der Waals surface area contributed by atoms with Crippen LogP contribution in [0.2, 0.25) is 0 Å². The topological polar surface area (TPSA) is 80.3 Å². The largest absolute Gasteiger partial charge is 0.493 e. The second-order valence-corrected chi connectivity index (χ2v) is 18.0. The van der Waals surface area contributed by atoms with Crippen LogP contribution in [0.3, 0.4) is 0 Å². The molecule has 0 aliphatic heterocycles. The molecule has 0 aliphatic rings. The maximum Gasteiger partial charge on any atom is 0.306 e. The van der Waals surface area contributed by atoms with Gasteiger partial charge >= 0.3 is 11.9 Å². The number of rotatable bonds is 47. The third kappa shape index (κ3) is 38.2. The molecule has 1 aromatic carbocycles. The maximum absolute atomic E-state index is 12.9. The molecule has 0 aliphatic carbocycles. The Morgan fingerprint density at radius 3 is 1.25 bits per heavy atom. The Hall–Kier alpha value is -2.80. The molecule has 7 nitrogen and oxygen atoms in total. The second kappa shape index (κ2) is 45.8. The predicted molar refractivity (Wildman–Crippen MR) is 266 cm³/mol. The maximum atomic E-state index is 12.9. The van der Waals surface area contributed by atoms with Gasteiger partial charge in [0.15, 0.2) is 17.6 Å². The number of allylic oxidation sites excluding steroid dienone is 4. The van der Waals surface area contributed by atoms with Crippen LogP contribution >= 0.6 is 0 Å². The summed E-state index contributed by atoms with van der Waals surface area (Å²) in [5.74, 6) is 0.770. The molecule has 0 amide bonds. The molecule has 364 valence electrons. The van der Waals surface area contributed by atoms with Gasteiger partial charge in [0.1, 0.15) is 6.61 Å². The summed E-state index contributed by atoms with van der Waals surface area (Å²) in [4.78, 5) is 25.5. The van der Waals surface area contributed by atoms with E-state index in [0.717, 1.165) is 44.1 Å². The van der Waals surface area contributed by atoms with Crippen LogP contribution in [0, 0.1) is 0 Å². The van der Waals surface area contributed by atoms with E-state index in [1.165, 1.54) is 180 Å². The van der Waals surface area contributed by atoms with E-state index in [1.807, 2.05) is 18.2 Å². The van der Waals surface area contributed by atoms with Gasteiger partial charge < -0.3 is 23.7 Å². The summed E-state index contributed by atoms with van der Waals surface area (Å²) < 4.78 is 28.2. The Kier molecular flexibility index (Phi) is 42.3. The third-order valence-electron chi connectivity index (χ3n) is 12.0. The predicted octanol–water partition coefficient (Wildman–Crippen LogP) is 16.9. The monoisotopic (exact) mass is 883 g/mol. The van der Waals surface area contributed by atoms with Crippen LogP contribution in [-0.2, 0) is 30.4 Å². The Labute approximate surface area is 388 Å². The lowest BCUT2D eigenvalue weighted by Gasteiger charge is -2.18. The molecule has 63 heavy (non-hydrogen) atoms. The number of unbranched alkanes of at least 4 members (excludes halogenated alkanes) is 30. The fraction of sp³-hybridized carbons (Fsp3) is 0.786. The molecule has 0 fully saturated rings. The first-order chi connectivity index (χ1) is 31.0. The normalized spacial score (nSPS) is 12.1. The summed E-state index contributed by atoms with van der Waals surface area (Å²) in [7, 11) is 3.21. The van der Waals surface area contributed by atoms with E-state index in [1.54, 1.807) is 14.2 Å². The van der Waals surface area contributed by atoms with E-state index >= 15 is 0 Å². The number of hydrogen-bond donors (Lipinski definition) is 0. The molecule has 0 unspecified atom stereocenters. The first-order valence-corrected chi connectivity index (χ1v) is 26.5. The standard InChI is InChI=1S/C56H98O7/c1-5-7-9-11-13-15-17-19-21-23-25-27-29-31-33-35-37-39-41-43-55(57)62-50-52(49-61-48-51-45-46-53(59-3)54(47-51)60-4)63-56(58)44-42-40-38-36-34-32-30-28-26-24-22-20-18-16-14-12-10-8-6-2/h19-22,45-47,52H,5-18,23-44,48-50H2,1-4H3/b21-19-,22-20-/t52-/m0/s1. The Morgan fingerprint density at radius 1 is 0.460 bits per heavy atom. The SMILES string of the molecule is CCCCCCCC/C=C\CCCCCCCCCCCC(=O)OC[C@H](COCc1ccc(OC)c(OC)c1)OC(=O)CCCCCCCCCCC/C=C\CCCCCCCC. The molecule has 0 bridgehead atoms. The zero-order valence-corrected chi connectivity index (χ0v) is 41.6. The summed E-state index contributed by atoms with van der Waals surface area (Å²) in [6.07, 6.45) is 52.5. The van der Waals surface area contributed by atoms with Gasteiger partial charge in [0, 0.05) is 12.8 Å². The number of ether oxygens (including phenoxy) is 5. The molecule has 0 saturated heterocycles. The van der Waals surface area contributed by atoms with Crippen LogP contribution in [0.1, 0.15) is 251 Å². The highest BCUT2D eigenvalue weighted by atomic mass is 16.6. The van der Waals surface area contributed by atoms with Crippen LogP contribution in [0.25, 0.3) is 0 Å². The van der Waals surface area contributed by atoms with E-state index in [-0.39, 0.29) is 25.2 Å². The highest BCUT2D eigenvalue weighted by Crippen LogP contribution is 2.28. The van der Waals surface area contributed by atoms with Crippen LogP contribution in [0.4, 0.5) is 0 Å². The number of carbonyl (C=O) groups excluding carboxylic acids is 2. The van der Waals surface area contributed by atoms with E-state index in [0.29, 0.717) is 30.9 Å². The van der Waals surface area contributed by atoms with Crippen molar-refractivity contribution in [3.8, 4) is 11.5 Å². The lowest BCUT2D eigenvalue weighted by molar-refractivity contribution is -0.163. The minimum Gasteiger partial charge on any atom is -0.493 e. The van der Waals surface area contributed by atoms with E-state index in [4.69, 9.17) is 23.7 Å². The van der Waals surface area contributed by atoms with Crippen molar-refractivity contribution in [1.29, 1.82) is 0 Å². The van der Waals surface area contributed by atoms with Crippen molar-refractivity contribution in [2.45, 2.75) is 258 Å². The molecule has 1 aromatic rings. The van der Waals surface area contributed by atoms with Crippen molar-refractivity contribution in [3.63, 3.8) is 0 Å². The van der Waals surface area contributed by atoms with Crippen molar-refractivity contribution < 1.29 is 33.3 Å². The van der Waals surface area contributed by atoms with Crippen LogP contribution in [0.5, 0.6) is 11.5 Å². The summed E-state index contributed by atoms with van der Waals surface area (Å²) in [6, 6.07) is 5.62. The van der Waals surface area contributed by atoms with Crippen molar-refractivity contribution >= 4 is 11.9 Å². The first-order valence-electron chi connectivity index (χ1n) is 26.5. The smallest absolute Gasteiger partial charge is 0.306 e. The number of benzene rings is 1. The van der Waals surface area contributed by atoms with Crippen molar-refractivity contribution in [1.82, 2.24) is 0 Å². The molecule has 1 atom stereocenters. The zero-order valence-electron chi connectivity index (χ0n) is 41.6. The number of carbonyl (C=O) groups is 2. The summed E-state index contributed by atoms with van der Waals surface area (Å²) in [5, 5.41) is 0. The molecular weight excluding hydrogens is 785 g/mol. The van der Waals surface area contributed by atoms with Gasteiger partial charge in [0.2, 0.25) is 0 Å². The van der Waals surface area contributed by atoms with Gasteiger partial charge in [-0.15, -0.1) is 0 Å². The Bertz CT molecular complexity index is 1230. The number of hydrogen-bond acceptors (Lipinski definition) is 7. The van der Waals surface area contributed by atoms with E-state index in [9.17, 15) is 9.59 Å². The lowest BCUT2D eigenvalue weighted by Crippen LogP contribution is -2.29. The minimum atomic E-state index is -0.654. The van der Waals surface area contributed by atoms with Gasteiger partial charge in [-0.25, -0.2) is 0 Å². The molecule has 0 radical (unpaired) electrons. The number of esters is 2. The quantitative estimate of drug-likeness (QED) is 0.0366. The summed E-state index contributed by atoms with van der Waals surface area (Å²) in [6.45, 7) is 4.99. The Balaban J connectivity index is 2.23. The van der Waals surface area contributed by atoms with E-state index < -0.39 is 6.10 Å². The van der Waals surface area contributed by atoms with Gasteiger partial charge in [-0.3, -0.25) is 9.59 Å². The average molecular weight is 883 g/mol. The second-order valence-electron chi connectivity index (χ2n) is 18.0. The lowest BCUT2D eigenvalue weighted by atomic mass is 10.1. The van der Waals surface area contributed by atoms with Crippen molar-refractivity contribution in [2.24, 2.45) is 0 Å². The van der Waals surface area contributed by atoms with Crippen molar-refractivity contribution in [3.05, 3.63) is 48.1 Å². The third-order valence-corrected chi connectivity index (χ3v) is 12.0. The van der Waals surface area contributed by atoms with Gasteiger partial charge in [-0.05, 0) is 81.9 Å². The van der Waals surface area contributed by atoms with Gasteiger partial charge in [0.25, 0.3) is 0 Å². The fourth-order valence-corrected chi connectivity index (χ4v) is 7.99. The van der Waals surface area contributed by atoms with Gasteiger partial charge in [0.05, 0.1) is 27.4 Å². The Morgan fingerprint density at radius 2 is 0.841 bits per heavy atom. The highest BCUT2D eigenvalue weighted by molar-refractivity contribution is 5.70. The molecule has 1 rings (SSSR count). The number of methoxy groups -OCH3 is 2. The molecule has 7 heteroatoms. The first kappa shape index (κ1) is 58.2. The molecule has 0 N–H and O–H groups in total. The van der Waals surface area contributed by atoms with E-state index in [2.05, 4.69) is 38.2 Å². The fourth-order valence-electron chi connectivity index (χ4n) is 7.99. The highest BCUT2D eigenvalue weighted by Gasteiger charge is 2.18. The molecular formula is C56H98O7. The molecule has 0 saturated carbocycles. The summed E-state index contributed by atoms with van der Waals surface area (Å²) >= 11 is 0. The molecule has 0 heterocycles. The van der Waals surface area contributed by atoms with Crippen LogP contribution in [-0.4, -0.2) is 45.5 Å². The zero-order chi connectivity index (χ0) is 45.5. The summed E-state index contributed by atoms with van der Waals surface area (Å²) in [5.41, 5.74) is 0.905. The van der Waals surface area contributed by atoms with Gasteiger partial charge in [-0.1, -0.05) is 198 Å². The average Bonchev–Trinajstić information content (AvgIpc) is 3.29. The molecule has 0 aromatic heterocycles. The molecule has 0 spiro atoms. The van der Waals surface area contributed by atoms with Crippen LogP contribution in [0.15, 0.2) is 42.5 Å². The van der Waals surface area contributed by atoms with Gasteiger partial charge in [-0.2, -0.15) is 0 Å². The minimum absolute atomic E-state index is 0.000897. The van der Waals surface area contributed by atoms with Crippen LogP contribution < -0.4 is 9.47 Å².